The molecule has 2 aliphatic rings. The minimum Gasteiger partial charge on any atom is -0.467 e. The lowest BCUT2D eigenvalue weighted by Gasteiger charge is -2.31. The summed E-state index contributed by atoms with van der Waals surface area (Å²) in [5, 5.41) is 0. The minimum atomic E-state index is -4.51. The van der Waals surface area contributed by atoms with Crippen molar-refractivity contribution in [1.82, 2.24) is 9.97 Å². The van der Waals surface area contributed by atoms with E-state index in [-0.39, 0.29) is 30.3 Å². The molecule has 0 radical (unpaired) electrons. The molecule has 0 amide bonds. The van der Waals surface area contributed by atoms with E-state index in [1.54, 1.807) is 0 Å². The molecule has 0 spiro atoms. The van der Waals surface area contributed by atoms with Crippen LogP contribution in [-0.4, -0.2) is 43.4 Å². The second-order valence-electron chi connectivity index (χ2n) is 7.93. The van der Waals surface area contributed by atoms with Gasteiger partial charge in [0.25, 0.3) is 0 Å². The zero-order valence-electron chi connectivity index (χ0n) is 17.4. The lowest BCUT2D eigenvalue weighted by atomic mass is 9.94. The molecule has 0 bridgehead atoms. The van der Waals surface area contributed by atoms with Crippen molar-refractivity contribution in [3.63, 3.8) is 0 Å². The Kier molecular flexibility index (Phi) is 5.94. The number of hydrogen-bond donors (Lipinski definition) is 1. The van der Waals surface area contributed by atoms with Crippen molar-refractivity contribution in [2.75, 3.05) is 44.0 Å². The van der Waals surface area contributed by atoms with Crippen LogP contribution < -0.4 is 15.4 Å². The summed E-state index contributed by atoms with van der Waals surface area (Å²) in [5.74, 6) is 0.985. The van der Waals surface area contributed by atoms with Gasteiger partial charge < -0.3 is 24.8 Å². The van der Waals surface area contributed by atoms with E-state index in [2.05, 4.69) is 21.8 Å². The van der Waals surface area contributed by atoms with Gasteiger partial charge in [-0.3, -0.25) is 0 Å². The second kappa shape index (κ2) is 8.51. The van der Waals surface area contributed by atoms with Crippen LogP contribution in [0.4, 0.5) is 24.7 Å². The van der Waals surface area contributed by atoms with Gasteiger partial charge >= 0.3 is 12.2 Å². The molecule has 7 nitrogen and oxygen atoms in total. The van der Waals surface area contributed by atoms with Gasteiger partial charge in [0.2, 0.25) is 0 Å². The largest absolute Gasteiger partial charge is 0.467 e. The van der Waals surface area contributed by atoms with E-state index in [1.807, 2.05) is 0 Å². The molecule has 4 rings (SSSR count). The highest BCUT2D eigenvalue weighted by molar-refractivity contribution is 5.52. The fourth-order valence-corrected chi connectivity index (χ4v) is 4.06. The molecule has 31 heavy (non-hydrogen) atoms. The molecule has 2 atom stereocenters. The Morgan fingerprint density at radius 1 is 1.26 bits per heavy atom. The first-order chi connectivity index (χ1) is 14.8. The van der Waals surface area contributed by atoms with Gasteiger partial charge in [-0.15, -0.1) is 0 Å². The van der Waals surface area contributed by atoms with Crippen LogP contribution in [0.25, 0.3) is 0 Å². The first-order valence-corrected chi connectivity index (χ1v) is 10.1. The minimum absolute atomic E-state index is 0.00840. The van der Waals surface area contributed by atoms with Gasteiger partial charge in [0.05, 0.1) is 44.3 Å². The Balaban J connectivity index is 1.71. The van der Waals surface area contributed by atoms with Crippen molar-refractivity contribution in [3.8, 4) is 6.01 Å². The molecule has 2 N–H and O–H groups in total. The average molecular weight is 438 g/mol. The van der Waals surface area contributed by atoms with E-state index in [0.29, 0.717) is 37.2 Å². The number of rotatable bonds is 3. The Bertz CT molecular complexity index is 954. The van der Waals surface area contributed by atoms with Crippen LogP contribution in [0.15, 0.2) is 18.2 Å². The molecule has 10 heteroatoms. The highest BCUT2D eigenvalue weighted by Crippen LogP contribution is 2.41. The second-order valence-corrected chi connectivity index (χ2v) is 7.93. The third-order valence-corrected chi connectivity index (χ3v) is 5.51. The summed E-state index contributed by atoms with van der Waals surface area (Å²) >= 11 is 0. The zero-order valence-corrected chi connectivity index (χ0v) is 17.4. The summed E-state index contributed by atoms with van der Waals surface area (Å²) in [5.41, 5.74) is 6.67. The third kappa shape index (κ3) is 4.54. The van der Waals surface area contributed by atoms with Crippen LogP contribution >= 0.6 is 0 Å². The maximum atomic E-state index is 13.6. The Morgan fingerprint density at radius 2 is 2.06 bits per heavy atom. The summed E-state index contributed by atoms with van der Waals surface area (Å²) in [6.45, 7) is 4.80. The van der Waals surface area contributed by atoms with E-state index < -0.39 is 17.8 Å². The van der Waals surface area contributed by atoms with Crippen molar-refractivity contribution in [3.05, 3.63) is 40.6 Å². The number of anilines is 2. The van der Waals surface area contributed by atoms with E-state index >= 15 is 0 Å². The lowest BCUT2D eigenvalue weighted by molar-refractivity contribution is -0.139. The maximum Gasteiger partial charge on any atom is 0.416 e. The number of nitrogens with zero attached hydrogens (tertiary/aromatic N) is 3. The van der Waals surface area contributed by atoms with Gasteiger partial charge in [-0.1, -0.05) is 6.92 Å². The smallest absolute Gasteiger partial charge is 0.416 e. The molecule has 168 valence electrons. The number of benzene rings is 1. The molecular formula is C21H25F3N4O3. The number of hydrogen-bond acceptors (Lipinski definition) is 7. The normalized spacial score (nSPS) is 22.0. The van der Waals surface area contributed by atoms with E-state index in [0.717, 1.165) is 18.2 Å². The van der Waals surface area contributed by atoms with Gasteiger partial charge in [0.1, 0.15) is 5.82 Å². The summed E-state index contributed by atoms with van der Waals surface area (Å²) in [6.07, 6.45) is -5.18. The summed E-state index contributed by atoms with van der Waals surface area (Å²) in [4.78, 5) is 11.1. The van der Waals surface area contributed by atoms with Crippen molar-refractivity contribution >= 4 is 11.5 Å². The number of alkyl halides is 3. The third-order valence-electron chi connectivity index (χ3n) is 5.51. The van der Waals surface area contributed by atoms with Crippen molar-refractivity contribution < 1.29 is 27.4 Å². The highest BCUT2D eigenvalue weighted by Gasteiger charge is 2.37. The fourth-order valence-electron chi connectivity index (χ4n) is 4.06. The number of fused-ring (bicyclic) bond motifs is 1. The fraction of sp³-hybridized carbons (Fsp3) is 0.524. The van der Waals surface area contributed by atoms with Crippen LogP contribution in [0.3, 0.4) is 0 Å². The summed E-state index contributed by atoms with van der Waals surface area (Å²) in [7, 11) is 1.47. The number of nitrogens with two attached hydrogens (primary N) is 1. The van der Waals surface area contributed by atoms with E-state index in [9.17, 15) is 13.2 Å². The van der Waals surface area contributed by atoms with Gasteiger partial charge in [0, 0.05) is 30.8 Å². The topological polar surface area (TPSA) is 82.7 Å². The molecule has 3 heterocycles. The predicted octanol–water partition coefficient (Wildman–Crippen LogP) is 3.37. The lowest BCUT2D eigenvalue weighted by Crippen LogP contribution is -2.32. The Morgan fingerprint density at radius 3 is 2.81 bits per heavy atom. The molecule has 2 aromatic rings. The van der Waals surface area contributed by atoms with Gasteiger partial charge in [-0.2, -0.15) is 23.1 Å². The van der Waals surface area contributed by atoms with Gasteiger partial charge in [0.15, 0.2) is 0 Å². The monoisotopic (exact) mass is 438 g/mol. The standard InChI is InChI=1S/C21H25F3N4O3/c1-12-9-28(5-6-30-10-12)19-15-11-31-18(8-17(15)26-20(27-19)29-2)14-7-13(25)3-4-16(14)21(22,23)24/h3-4,7,12,18H,5-6,8-11,25H2,1-2H3. The van der Waals surface area contributed by atoms with Crippen LogP contribution in [0.1, 0.15) is 35.4 Å². The quantitative estimate of drug-likeness (QED) is 0.736. The molecule has 0 saturated carbocycles. The molecule has 1 saturated heterocycles. The molecule has 1 fully saturated rings. The predicted molar refractivity (Wildman–Crippen MR) is 108 cm³/mol. The van der Waals surface area contributed by atoms with E-state index in [4.69, 9.17) is 19.9 Å². The summed E-state index contributed by atoms with van der Waals surface area (Å²) < 4.78 is 57.5. The number of halogens is 3. The van der Waals surface area contributed by atoms with Gasteiger partial charge in [-0.25, -0.2) is 0 Å². The SMILES string of the molecule is COc1nc2c(c(N3CCOCC(C)C3)n1)COC(c1cc(N)ccc1C(F)(F)F)C2. The molecule has 2 unspecified atom stereocenters. The van der Waals surface area contributed by atoms with Crippen LogP contribution in [-0.2, 0) is 28.7 Å². The first kappa shape index (κ1) is 21.6. The van der Waals surface area contributed by atoms with Crippen molar-refractivity contribution in [2.45, 2.75) is 32.2 Å². The van der Waals surface area contributed by atoms with Crippen LogP contribution in [0.2, 0.25) is 0 Å². The van der Waals surface area contributed by atoms with Crippen LogP contribution in [0, 0.1) is 5.92 Å². The Hall–Kier alpha value is -2.59. The first-order valence-electron chi connectivity index (χ1n) is 10.1. The molecular weight excluding hydrogens is 413 g/mol. The molecule has 1 aromatic carbocycles. The number of aromatic nitrogens is 2. The average Bonchev–Trinajstić information content (AvgIpc) is 2.95. The maximum absolute atomic E-state index is 13.6. The number of methoxy groups -OCH3 is 1. The molecule has 2 aliphatic heterocycles. The highest BCUT2D eigenvalue weighted by atomic mass is 19.4. The summed E-state index contributed by atoms with van der Waals surface area (Å²) in [6, 6.07) is 3.74. The Labute approximate surface area is 178 Å². The number of ether oxygens (including phenoxy) is 3. The number of nitrogen functional groups attached to an aromatic ring is 1. The van der Waals surface area contributed by atoms with Crippen molar-refractivity contribution in [2.24, 2.45) is 5.92 Å². The van der Waals surface area contributed by atoms with Crippen molar-refractivity contribution in [1.29, 1.82) is 0 Å². The van der Waals surface area contributed by atoms with E-state index in [1.165, 1.54) is 19.2 Å². The van der Waals surface area contributed by atoms with Gasteiger partial charge in [-0.05, 0) is 29.7 Å². The zero-order chi connectivity index (χ0) is 22.2. The van der Waals surface area contributed by atoms with Crippen LogP contribution in [0.5, 0.6) is 6.01 Å². The molecule has 0 aliphatic carbocycles. The molecule has 1 aromatic heterocycles.